The molecule has 106 valence electrons. The number of fused-ring (bicyclic) bond motifs is 1. The van der Waals surface area contributed by atoms with Crippen molar-refractivity contribution in [1.82, 2.24) is 4.90 Å². The Hall–Kier alpha value is -1.30. The highest BCUT2D eigenvalue weighted by atomic mass is 35.5. The lowest BCUT2D eigenvalue weighted by Gasteiger charge is -2.29. The first-order valence-corrected chi connectivity index (χ1v) is 7.49. The topological polar surface area (TPSA) is 38.8 Å². The number of ether oxygens (including phenoxy) is 2. The van der Waals surface area contributed by atoms with Crippen molar-refractivity contribution < 1.29 is 14.3 Å². The minimum atomic E-state index is -0.148. The molecule has 1 aromatic carbocycles. The van der Waals surface area contributed by atoms with Gasteiger partial charge in [0.2, 0.25) is 6.41 Å². The van der Waals surface area contributed by atoms with Crippen molar-refractivity contribution in [2.45, 2.75) is 6.10 Å². The van der Waals surface area contributed by atoms with Crippen molar-refractivity contribution in [3.8, 4) is 5.75 Å². The third-order valence-corrected chi connectivity index (χ3v) is 5.18. The summed E-state index contributed by atoms with van der Waals surface area (Å²) in [4.78, 5) is 13.6. The normalized spacial score (nSPS) is 19.3. The fraction of sp³-hybridized carbons (Fsp3) is 0.357. The Morgan fingerprint density at radius 3 is 3.15 bits per heavy atom. The smallest absolute Gasteiger partial charge is 0.209 e. The van der Waals surface area contributed by atoms with Crippen molar-refractivity contribution in [3.05, 3.63) is 28.1 Å². The second-order valence-electron chi connectivity index (χ2n) is 4.60. The van der Waals surface area contributed by atoms with Gasteiger partial charge in [-0.2, -0.15) is 0 Å². The van der Waals surface area contributed by atoms with Crippen LogP contribution in [0.4, 0.5) is 0 Å². The van der Waals surface area contributed by atoms with Gasteiger partial charge in [-0.1, -0.05) is 11.6 Å². The van der Waals surface area contributed by atoms with Gasteiger partial charge >= 0.3 is 0 Å². The summed E-state index contributed by atoms with van der Waals surface area (Å²) in [6, 6.07) is 5.84. The fourth-order valence-corrected chi connectivity index (χ4v) is 3.89. The van der Waals surface area contributed by atoms with E-state index in [2.05, 4.69) is 0 Å². The van der Waals surface area contributed by atoms with Gasteiger partial charge in [-0.25, -0.2) is 0 Å². The van der Waals surface area contributed by atoms with Gasteiger partial charge in [0.05, 0.1) is 30.2 Å². The summed E-state index contributed by atoms with van der Waals surface area (Å²) >= 11 is 8.09. The van der Waals surface area contributed by atoms with Gasteiger partial charge in [-0.3, -0.25) is 4.79 Å². The number of hydrogen-bond acceptors (Lipinski definition) is 4. The standard InChI is InChI=1S/C14H14ClNO3S/c1-18-9-2-3-12-10(6-9)13(15)14(20-12)11-7-16(8-17)4-5-19-11/h2-3,6,8,11H,4-5,7H2,1H3. The highest BCUT2D eigenvalue weighted by molar-refractivity contribution is 7.19. The summed E-state index contributed by atoms with van der Waals surface area (Å²) in [7, 11) is 1.63. The Balaban J connectivity index is 1.99. The third kappa shape index (κ3) is 2.37. The van der Waals surface area contributed by atoms with Gasteiger partial charge in [0.1, 0.15) is 11.9 Å². The summed E-state index contributed by atoms with van der Waals surface area (Å²) in [5.74, 6) is 0.780. The Bertz CT molecular complexity index is 643. The maximum atomic E-state index is 10.9. The average Bonchev–Trinajstić information content (AvgIpc) is 2.84. The molecule has 1 aliphatic heterocycles. The van der Waals surface area contributed by atoms with E-state index in [0.29, 0.717) is 24.7 Å². The molecule has 1 unspecified atom stereocenters. The first kappa shape index (κ1) is 13.7. The van der Waals surface area contributed by atoms with Crippen molar-refractivity contribution in [3.63, 3.8) is 0 Å². The number of thiophene rings is 1. The van der Waals surface area contributed by atoms with E-state index < -0.39 is 0 Å². The van der Waals surface area contributed by atoms with E-state index in [4.69, 9.17) is 21.1 Å². The number of halogens is 1. The molecule has 1 amide bonds. The van der Waals surface area contributed by atoms with Gasteiger partial charge in [0.15, 0.2) is 0 Å². The number of amides is 1. The molecule has 1 aromatic heterocycles. The molecule has 0 N–H and O–H groups in total. The van der Waals surface area contributed by atoms with Crippen LogP contribution in [0.1, 0.15) is 11.0 Å². The van der Waals surface area contributed by atoms with Crippen LogP contribution < -0.4 is 4.74 Å². The monoisotopic (exact) mass is 311 g/mol. The van der Waals surface area contributed by atoms with E-state index in [1.54, 1.807) is 23.3 Å². The number of carbonyl (C=O) groups excluding carboxylic acids is 1. The Morgan fingerprint density at radius 2 is 2.40 bits per heavy atom. The zero-order chi connectivity index (χ0) is 14.1. The highest BCUT2D eigenvalue weighted by Crippen LogP contribution is 2.42. The molecule has 2 heterocycles. The third-order valence-electron chi connectivity index (χ3n) is 3.40. The van der Waals surface area contributed by atoms with Crippen molar-refractivity contribution >= 4 is 39.4 Å². The maximum absolute atomic E-state index is 10.9. The highest BCUT2D eigenvalue weighted by Gasteiger charge is 2.26. The van der Waals surface area contributed by atoms with Crippen LogP contribution in [0.2, 0.25) is 5.02 Å². The number of nitrogens with zero attached hydrogens (tertiary/aromatic N) is 1. The van der Waals surface area contributed by atoms with Gasteiger partial charge in [-0.15, -0.1) is 11.3 Å². The van der Waals surface area contributed by atoms with Crippen LogP contribution in [0.5, 0.6) is 5.75 Å². The van der Waals surface area contributed by atoms with E-state index in [1.807, 2.05) is 18.2 Å². The summed E-state index contributed by atoms with van der Waals surface area (Å²) in [6.07, 6.45) is 0.713. The first-order valence-electron chi connectivity index (χ1n) is 6.30. The molecule has 1 fully saturated rings. The first-order chi connectivity index (χ1) is 9.72. The van der Waals surface area contributed by atoms with Crippen molar-refractivity contribution in [2.24, 2.45) is 0 Å². The summed E-state index contributed by atoms with van der Waals surface area (Å²) in [5, 5.41) is 1.67. The van der Waals surface area contributed by atoms with Crippen LogP contribution in [0.3, 0.4) is 0 Å². The number of methoxy groups -OCH3 is 1. The molecule has 4 nitrogen and oxygen atoms in total. The average molecular weight is 312 g/mol. The Kier molecular flexibility index (Phi) is 3.83. The summed E-state index contributed by atoms with van der Waals surface area (Å²) in [5.41, 5.74) is 0. The summed E-state index contributed by atoms with van der Waals surface area (Å²) in [6.45, 7) is 1.72. The quantitative estimate of drug-likeness (QED) is 0.818. The van der Waals surface area contributed by atoms with E-state index in [0.717, 1.165) is 27.1 Å². The molecule has 0 radical (unpaired) electrons. The van der Waals surface area contributed by atoms with Crippen LogP contribution in [0.15, 0.2) is 18.2 Å². The lowest BCUT2D eigenvalue weighted by molar-refractivity contribution is -0.125. The van der Waals surface area contributed by atoms with Crippen LogP contribution in [0, 0.1) is 0 Å². The van der Waals surface area contributed by atoms with Crippen LogP contribution >= 0.6 is 22.9 Å². The lowest BCUT2D eigenvalue weighted by atomic mass is 10.2. The van der Waals surface area contributed by atoms with Gasteiger partial charge in [-0.05, 0) is 18.2 Å². The second kappa shape index (κ2) is 5.60. The number of hydrogen-bond donors (Lipinski definition) is 0. The minimum absolute atomic E-state index is 0.148. The van der Waals surface area contributed by atoms with E-state index in [1.165, 1.54) is 0 Å². The SMILES string of the molecule is COc1ccc2sc(C3CN(C=O)CCO3)c(Cl)c2c1. The molecule has 1 aliphatic rings. The molecule has 0 spiro atoms. The molecular formula is C14H14ClNO3S. The molecular weight excluding hydrogens is 298 g/mol. The molecule has 3 rings (SSSR count). The Labute approximate surface area is 125 Å². The molecule has 2 aromatic rings. The maximum Gasteiger partial charge on any atom is 0.209 e. The zero-order valence-corrected chi connectivity index (χ0v) is 12.5. The lowest BCUT2D eigenvalue weighted by Crippen LogP contribution is -2.37. The predicted octanol–water partition coefficient (Wildman–Crippen LogP) is 3.09. The molecule has 1 saturated heterocycles. The van der Waals surface area contributed by atoms with Crippen molar-refractivity contribution in [1.29, 1.82) is 0 Å². The Morgan fingerprint density at radius 1 is 1.55 bits per heavy atom. The van der Waals surface area contributed by atoms with Gasteiger partial charge < -0.3 is 14.4 Å². The molecule has 0 aliphatic carbocycles. The van der Waals surface area contributed by atoms with E-state index >= 15 is 0 Å². The number of rotatable bonds is 3. The zero-order valence-electron chi connectivity index (χ0n) is 11.0. The van der Waals surface area contributed by atoms with Crippen molar-refractivity contribution in [2.75, 3.05) is 26.8 Å². The molecule has 1 atom stereocenters. The second-order valence-corrected chi connectivity index (χ2v) is 6.06. The molecule has 0 bridgehead atoms. The number of carbonyl (C=O) groups is 1. The summed E-state index contributed by atoms with van der Waals surface area (Å²) < 4.78 is 12.1. The van der Waals surface area contributed by atoms with Crippen LogP contribution in [-0.4, -0.2) is 38.1 Å². The van der Waals surface area contributed by atoms with Crippen LogP contribution in [-0.2, 0) is 9.53 Å². The molecule has 6 heteroatoms. The number of morpholine rings is 1. The molecule has 0 saturated carbocycles. The minimum Gasteiger partial charge on any atom is -0.497 e. The van der Waals surface area contributed by atoms with Gasteiger partial charge in [0, 0.05) is 16.6 Å². The van der Waals surface area contributed by atoms with E-state index in [-0.39, 0.29) is 6.10 Å². The van der Waals surface area contributed by atoms with Crippen LogP contribution in [0.25, 0.3) is 10.1 Å². The molecule has 20 heavy (non-hydrogen) atoms. The van der Waals surface area contributed by atoms with Gasteiger partial charge in [0.25, 0.3) is 0 Å². The fourth-order valence-electron chi connectivity index (χ4n) is 2.32. The number of benzene rings is 1. The largest absolute Gasteiger partial charge is 0.497 e. The van der Waals surface area contributed by atoms with E-state index in [9.17, 15) is 4.79 Å². The predicted molar refractivity (Wildman–Crippen MR) is 79.7 cm³/mol.